The molecule has 2 aliphatic rings. The Bertz CT molecular complexity index is 357. The standard InChI is InChI=1S/C15H24N2O/c1-14(2,12-6-3-4-7-12)11-17-13(18)15(10-16)8-5-9-15/h12H,3-9,11H2,1-2H3,(H,17,18). The van der Waals surface area contributed by atoms with Gasteiger partial charge in [-0.3, -0.25) is 4.79 Å². The Morgan fingerprint density at radius 3 is 2.39 bits per heavy atom. The van der Waals surface area contributed by atoms with E-state index in [2.05, 4.69) is 25.2 Å². The predicted octanol–water partition coefficient (Wildman–Crippen LogP) is 3.01. The highest BCUT2D eigenvalue weighted by Gasteiger charge is 2.45. The first-order chi connectivity index (χ1) is 8.50. The van der Waals surface area contributed by atoms with Crippen LogP contribution in [0, 0.1) is 28.1 Å². The van der Waals surface area contributed by atoms with Crippen LogP contribution in [0.3, 0.4) is 0 Å². The molecular formula is C15H24N2O. The van der Waals surface area contributed by atoms with Gasteiger partial charge in [-0.25, -0.2) is 0 Å². The molecule has 2 saturated carbocycles. The van der Waals surface area contributed by atoms with Crippen molar-refractivity contribution in [1.29, 1.82) is 5.26 Å². The number of carbonyl (C=O) groups excluding carboxylic acids is 1. The van der Waals surface area contributed by atoms with E-state index in [1.807, 2.05) is 0 Å². The summed E-state index contributed by atoms with van der Waals surface area (Å²) in [4.78, 5) is 12.1. The maximum atomic E-state index is 12.1. The van der Waals surface area contributed by atoms with Crippen LogP contribution < -0.4 is 5.32 Å². The van der Waals surface area contributed by atoms with Gasteiger partial charge in [0.2, 0.25) is 5.91 Å². The molecule has 100 valence electrons. The van der Waals surface area contributed by atoms with Gasteiger partial charge in [0.1, 0.15) is 5.41 Å². The summed E-state index contributed by atoms with van der Waals surface area (Å²) in [6.07, 6.45) is 7.69. The third-order valence-corrected chi connectivity index (χ3v) is 5.02. The average molecular weight is 248 g/mol. The molecule has 0 aromatic heterocycles. The molecule has 18 heavy (non-hydrogen) atoms. The summed E-state index contributed by atoms with van der Waals surface area (Å²) >= 11 is 0. The molecule has 0 bridgehead atoms. The van der Waals surface area contributed by atoms with Gasteiger partial charge in [-0.2, -0.15) is 5.26 Å². The second-order valence-corrected chi connectivity index (χ2v) is 6.70. The van der Waals surface area contributed by atoms with E-state index in [-0.39, 0.29) is 11.3 Å². The van der Waals surface area contributed by atoms with Gasteiger partial charge in [0.15, 0.2) is 0 Å². The fraction of sp³-hybridized carbons (Fsp3) is 0.867. The lowest BCUT2D eigenvalue weighted by atomic mass is 9.69. The predicted molar refractivity (Wildman–Crippen MR) is 70.6 cm³/mol. The Hall–Kier alpha value is -1.04. The van der Waals surface area contributed by atoms with E-state index < -0.39 is 5.41 Å². The molecule has 0 radical (unpaired) electrons. The van der Waals surface area contributed by atoms with Crippen LogP contribution in [-0.2, 0) is 4.79 Å². The van der Waals surface area contributed by atoms with Crippen molar-refractivity contribution in [2.75, 3.05) is 6.54 Å². The molecule has 2 rings (SSSR count). The molecule has 0 aromatic carbocycles. The topological polar surface area (TPSA) is 52.9 Å². The smallest absolute Gasteiger partial charge is 0.240 e. The molecule has 3 nitrogen and oxygen atoms in total. The highest BCUT2D eigenvalue weighted by molar-refractivity contribution is 5.86. The largest absolute Gasteiger partial charge is 0.354 e. The minimum atomic E-state index is -0.703. The molecule has 0 unspecified atom stereocenters. The zero-order chi connectivity index (χ0) is 13.2. The molecule has 0 saturated heterocycles. The molecule has 0 heterocycles. The van der Waals surface area contributed by atoms with Crippen LogP contribution in [0.25, 0.3) is 0 Å². The van der Waals surface area contributed by atoms with E-state index >= 15 is 0 Å². The van der Waals surface area contributed by atoms with Crippen molar-refractivity contribution in [3.63, 3.8) is 0 Å². The number of carbonyl (C=O) groups is 1. The number of nitrogens with one attached hydrogen (secondary N) is 1. The number of hydrogen-bond donors (Lipinski definition) is 1. The van der Waals surface area contributed by atoms with E-state index in [1.165, 1.54) is 25.7 Å². The molecule has 2 fully saturated rings. The minimum Gasteiger partial charge on any atom is -0.354 e. The van der Waals surface area contributed by atoms with Gasteiger partial charge in [-0.1, -0.05) is 26.7 Å². The van der Waals surface area contributed by atoms with Crippen LogP contribution in [0.15, 0.2) is 0 Å². The van der Waals surface area contributed by atoms with Crippen LogP contribution in [0.2, 0.25) is 0 Å². The summed E-state index contributed by atoms with van der Waals surface area (Å²) in [7, 11) is 0. The molecule has 1 N–H and O–H groups in total. The van der Waals surface area contributed by atoms with Crippen molar-refractivity contribution in [2.24, 2.45) is 16.7 Å². The first kappa shape index (κ1) is 13.4. The van der Waals surface area contributed by atoms with Gasteiger partial charge in [-0.15, -0.1) is 0 Å². The Morgan fingerprint density at radius 2 is 1.94 bits per heavy atom. The molecule has 3 heteroatoms. The van der Waals surface area contributed by atoms with Crippen LogP contribution in [-0.4, -0.2) is 12.5 Å². The number of hydrogen-bond acceptors (Lipinski definition) is 2. The Kier molecular flexibility index (Phi) is 3.66. The van der Waals surface area contributed by atoms with Crippen LogP contribution in [0.1, 0.15) is 58.8 Å². The summed E-state index contributed by atoms with van der Waals surface area (Å²) in [6.45, 7) is 5.19. The fourth-order valence-electron chi connectivity index (χ4n) is 3.25. The Morgan fingerprint density at radius 1 is 1.33 bits per heavy atom. The lowest BCUT2D eigenvalue weighted by Crippen LogP contribution is -2.48. The van der Waals surface area contributed by atoms with E-state index in [4.69, 9.17) is 5.26 Å². The molecule has 0 spiro atoms. The second kappa shape index (κ2) is 4.91. The zero-order valence-electron chi connectivity index (χ0n) is 11.6. The molecular weight excluding hydrogens is 224 g/mol. The summed E-state index contributed by atoms with van der Waals surface area (Å²) < 4.78 is 0. The van der Waals surface area contributed by atoms with Crippen molar-refractivity contribution in [3.8, 4) is 6.07 Å². The molecule has 1 amide bonds. The van der Waals surface area contributed by atoms with Gasteiger partial charge in [0, 0.05) is 6.54 Å². The Balaban J connectivity index is 1.87. The third kappa shape index (κ3) is 2.39. The maximum Gasteiger partial charge on any atom is 0.240 e. The van der Waals surface area contributed by atoms with Crippen LogP contribution >= 0.6 is 0 Å². The van der Waals surface area contributed by atoms with Gasteiger partial charge in [-0.05, 0) is 43.4 Å². The van der Waals surface area contributed by atoms with Gasteiger partial charge >= 0.3 is 0 Å². The van der Waals surface area contributed by atoms with Gasteiger partial charge in [0.05, 0.1) is 6.07 Å². The number of nitrogens with zero attached hydrogens (tertiary/aromatic N) is 1. The van der Waals surface area contributed by atoms with E-state index in [0.29, 0.717) is 6.54 Å². The lowest BCUT2D eigenvalue weighted by molar-refractivity contribution is -0.132. The number of nitriles is 1. The van der Waals surface area contributed by atoms with Crippen LogP contribution in [0.4, 0.5) is 0 Å². The lowest BCUT2D eigenvalue weighted by Gasteiger charge is -2.36. The fourth-order valence-corrected chi connectivity index (χ4v) is 3.25. The first-order valence-corrected chi connectivity index (χ1v) is 7.20. The maximum absolute atomic E-state index is 12.1. The zero-order valence-corrected chi connectivity index (χ0v) is 11.6. The molecule has 0 atom stereocenters. The highest BCUT2D eigenvalue weighted by atomic mass is 16.2. The van der Waals surface area contributed by atoms with Crippen LogP contribution in [0.5, 0.6) is 0 Å². The summed E-state index contributed by atoms with van der Waals surface area (Å²) in [6, 6.07) is 2.21. The second-order valence-electron chi connectivity index (χ2n) is 6.70. The average Bonchev–Trinajstić information content (AvgIpc) is 2.80. The van der Waals surface area contributed by atoms with Gasteiger partial charge < -0.3 is 5.32 Å². The normalized spacial score (nSPS) is 23.2. The van der Waals surface area contributed by atoms with Crippen molar-refractivity contribution in [1.82, 2.24) is 5.32 Å². The Labute approximate surface area is 110 Å². The third-order valence-electron chi connectivity index (χ3n) is 5.02. The molecule has 0 aliphatic heterocycles. The van der Waals surface area contributed by atoms with E-state index in [0.717, 1.165) is 25.2 Å². The van der Waals surface area contributed by atoms with Gasteiger partial charge in [0.25, 0.3) is 0 Å². The minimum absolute atomic E-state index is 0.0395. The van der Waals surface area contributed by atoms with Crippen molar-refractivity contribution >= 4 is 5.91 Å². The van der Waals surface area contributed by atoms with Crippen molar-refractivity contribution in [3.05, 3.63) is 0 Å². The van der Waals surface area contributed by atoms with E-state index in [9.17, 15) is 4.79 Å². The van der Waals surface area contributed by atoms with E-state index in [1.54, 1.807) is 0 Å². The monoisotopic (exact) mass is 248 g/mol. The highest BCUT2D eigenvalue weighted by Crippen LogP contribution is 2.42. The van der Waals surface area contributed by atoms with Crippen molar-refractivity contribution < 1.29 is 4.79 Å². The number of rotatable bonds is 4. The SMILES string of the molecule is CC(C)(CNC(=O)C1(C#N)CCC1)C1CCCC1. The summed E-state index contributed by atoms with van der Waals surface area (Å²) in [5.41, 5.74) is -0.543. The number of amides is 1. The molecule has 2 aliphatic carbocycles. The quantitative estimate of drug-likeness (QED) is 0.831. The van der Waals surface area contributed by atoms with Crippen molar-refractivity contribution in [2.45, 2.75) is 58.8 Å². The molecule has 0 aromatic rings. The summed E-state index contributed by atoms with van der Waals surface area (Å²) in [5.74, 6) is 0.680. The summed E-state index contributed by atoms with van der Waals surface area (Å²) in [5, 5.41) is 12.2. The first-order valence-electron chi connectivity index (χ1n) is 7.20.